The van der Waals surface area contributed by atoms with Crippen LogP contribution in [0, 0.1) is 6.92 Å². The number of rotatable bonds is 4. The second kappa shape index (κ2) is 6.81. The van der Waals surface area contributed by atoms with E-state index in [-0.39, 0.29) is 11.9 Å². The molecule has 3 heterocycles. The number of benzene rings is 1. The van der Waals surface area contributed by atoms with Crippen molar-refractivity contribution in [3.8, 4) is 0 Å². The summed E-state index contributed by atoms with van der Waals surface area (Å²) >= 11 is 0. The quantitative estimate of drug-likeness (QED) is 0.823. The summed E-state index contributed by atoms with van der Waals surface area (Å²) in [5, 5.41) is 8.42. The van der Waals surface area contributed by atoms with Gasteiger partial charge in [-0.3, -0.25) is 4.79 Å². The molecule has 2 aromatic rings. The largest absolute Gasteiger partial charge is 0.372 e. The third-order valence-electron chi connectivity index (χ3n) is 5.20. The monoisotopic (exact) mass is 355 g/mol. The van der Waals surface area contributed by atoms with Crippen LogP contribution in [0.3, 0.4) is 0 Å². The Bertz CT molecular complexity index is 829. The number of fused-ring (bicyclic) bond motifs is 2. The highest BCUT2D eigenvalue weighted by Crippen LogP contribution is 2.23. The van der Waals surface area contributed by atoms with Crippen LogP contribution < -0.4 is 0 Å². The Hall–Kier alpha value is -2.25. The Balaban J connectivity index is 1.54. The van der Waals surface area contributed by atoms with Crippen molar-refractivity contribution in [3.63, 3.8) is 0 Å². The van der Waals surface area contributed by atoms with Crippen molar-refractivity contribution in [3.05, 3.63) is 46.5 Å². The first-order valence-electron chi connectivity index (χ1n) is 9.02. The zero-order valence-electron chi connectivity index (χ0n) is 15.6. The maximum absolute atomic E-state index is 13.1. The van der Waals surface area contributed by atoms with E-state index in [0.717, 1.165) is 30.3 Å². The van der Waals surface area contributed by atoms with E-state index in [2.05, 4.69) is 31.8 Å². The van der Waals surface area contributed by atoms with E-state index >= 15 is 0 Å². The van der Waals surface area contributed by atoms with Gasteiger partial charge in [0, 0.05) is 13.1 Å². The molecule has 0 saturated carbocycles. The number of hydrogen-bond donors (Lipinski definition) is 0. The molecule has 1 unspecified atom stereocenters. The zero-order chi connectivity index (χ0) is 18.3. The molecule has 7 heteroatoms. The molecule has 0 spiro atoms. The van der Waals surface area contributed by atoms with Crippen molar-refractivity contribution in [1.82, 2.24) is 24.6 Å². The van der Waals surface area contributed by atoms with Gasteiger partial charge >= 0.3 is 0 Å². The lowest BCUT2D eigenvalue weighted by atomic mass is 10.0. The van der Waals surface area contributed by atoms with E-state index < -0.39 is 0 Å². The first kappa shape index (κ1) is 17.2. The summed E-state index contributed by atoms with van der Waals surface area (Å²) in [6.45, 7) is 5.37. The molecule has 1 aromatic carbocycles. The second-order valence-electron chi connectivity index (χ2n) is 7.48. The average molecular weight is 355 g/mol. The number of ether oxygens (including phenoxy) is 1. The Morgan fingerprint density at radius 1 is 1.27 bits per heavy atom. The lowest BCUT2D eigenvalue weighted by molar-refractivity contribution is -0.135. The highest BCUT2D eigenvalue weighted by Gasteiger charge is 2.32. The van der Waals surface area contributed by atoms with Gasteiger partial charge in [0.05, 0.1) is 32.2 Å². The second-order valence-corrected chi connectivity index (χ2v) is 7.48. The minimum Gasteiger partial charge on any atom is -0.372 e. The van der Waals surface area contributed by atoms with Crippen LogP contribution in [-0.2, 0) is 42.3 Å². The van der Waals surface area contributed by atoms with E-state index in [1.54, 1.807) is 0 Å². The smallest absolute Gasteiger partial charge is 0.227 e. The van der Waals surface area contributed by atoms with Crippen LogP contribution in [0.15, 0.2) is 18.2 Å². The van der Waals surface area contributed by atoms with E-state index in [0.29, 0.717) is 26.2 Å². The van der Waals surface area contributed by atoms with Gasteiger partial charge in [-0.15, -0.1) is 10.2 Å². The fourth-order valence-electron chi connectivity index (χ4n) is 3.85. The van der Waals surface area contributed by atoms with Crippen LogP contribution in [0.1, 0.15) is 28.3 Å². The van der Waals surface area contributed by atoms with Crippen molar-refractivity contribution in [2.45, 2.75) is 45.7 Å². The number of amides is 1. The number of aromatic nitrogens is 3. The summed E-state index contributed by atoms with van der Waals surface area (Å²) in [5.41, 5.74) is 3.48. The molecule has 138 valence electrons. The molecule has 0 N–H and O–H groups in total. The molecule has 1 aromatic heterocycles. The van der Waals surface area contributed by atoms with Gasteiger partial charge in [-0.05, 0) is 37.7 Å². The average Bonchev–Trinajstić information content (AvgIpc) is 3.20. The molecular formula is C19H25N5O2. The molecule has 7 nitrogen and oxygen atoms in total. The highest BCUT2D eigenvalue weighted by atomic mass is 16.5. The maximum atomic E-state index is 13.1. The lowest BCUT2D eigenvalue weighted by Crippen LogP contribution is -2.51. The minimum atomic E-state index is 0.123. The topological polar surface area (TPSA) is 63.5 Å². The fraction of sp³-hybridized carbons (Fsp3) is 0.526. The van der Waals surface area contributed by atoms with Gasteiger partial charge in [0.1, 0.15) is 5.82 Å². The standard InChI is InChI=1S/C19H25N5O2/c1-13-20-21-18-10-24(17(8-22(2)3)9-23(13)18)19(25)7-14-4-5-15-11-26-12-16(15)6-14/h4-6,17H,7-12H2,1-3H3. The van der Waals surface area contributed by atoms with Crippen molar-refractivity contribution < 1.29 is 9.53 Å². The van der Waals surface area contributed by atoms with Gasteiger partial charge in [0.2, 0.25) is 5.91 Å². The summed E-state index contributed by atoms with van der Waals surface area (Å²) in [6.07, 6.45) is 0.407. The number of aryl methyl sites for hydroxylation is 1. The Morgan fingerprint density at radius 3 is 2.88 bits per heavy atom. The third-order valence-corrected chi connectivity index (χ3v) is 5.20. The molecule has 0 saturated heterocycles. The fourth-order valence-corrected chi connectivity index (χ4v) is 3.85. The lowest BCUT2D eigenvalue weighted by Gasteiger charge is -2.37. The molecule has 1 atom stereocenters. The van der Waals surface area contributed by atoms with Crippen LogP contribution in [-0.4, -0.2) is 57.2 Å². The van der Waals surface area contributed by atoms with Crippen molar-refractivity contribution >= 4 is 5.91 Å². The van der Waals surface area contributed by atoms with E-state index in [1.165, 1.54) is 11.1 Å². The van der Waals surface area contributed by atoms with E-state index in [1.807, 2.05) is 32.0 Å². The van der Waals surface area contributed by atoms with Gasteiger partial charge in [0.15, 0.2) is 5.82 Å². The Morgan fingerprint density at radius 2 is 2.08 bits per heavy atom. The minimum absolute atomic E-state index is 0.123. The molecule has 2 aliphatic rings. The molecule has 4 rings (SSSR count). The van der Waals surface area contributed by atoms with Crippen LogP contribution in [0.25, 0.3) is 0 Å². The summed E-state index contributed by atoms with van der Waals surface area (Å²) in [6, 6.07) is 6.36. The van der Waals surface area contributed by atoms with Gasteiger partial charge in [0.25, 0.3) is 0 Å². The van der Waals surface area contributed by atoms with E-state index in [9.17, 15) is 4.79 Å². The molecule has 2 aliphatic heterocycles. The summed E-state index contributed by atoms with van der Waals surface area (Å²) in [4.78, 5) is 17.2. The van der Waals surface area contributed by atoms with Gasteiger partial charge < -0.3 is 19.1 Å². The number of likely N-dealkylation sites (N-methyl/N-ethyl adjacent to an activating group) is 1. The summed E-state index contributed by atoms with van der Waals surface area (Å²) in [5.74, 6) is 1.92. The number of hydrogen-bond acceptors (Lipinski definition) is 5. The Kier molecular flexibility index (Phi) is 4.50. The van der Waals surface area contributed by atoms with Gasteiger partial charge in [-0.2, -0.15) is 0 Å². The first-order chi connectivity index (χ1) is 12.5. The predicted molar refractivity (Wildman–Crippen MR) is 96.3 cm³/mol. The summed E-state index contributed by atoms with van der Waals surface area (Å²) < 4.78 is 7.60. The normalized spacial score (nSPS) is 18.9. The Labute approximate surface area is 153 Å². The van der Waals surface area contributed by atoms with Crippen LogP contribution in [0.2, 0.25) is 0 Å². The predicted octanol–water partition coefficient (Wildman–Crippen LogP) is 1.13. The molecule has 0 aliphatic carbocycles. The molecule has 0 fully saturated rings. The molecule has 0 radical (unpaired) electrons. The van der Waals surface area contributed by atoms with Crippen molar-refractivity contribution in [2.24, 2.45) is 0 Å². The van der Waals surface area contributed by atoms with Crippen LogP contribution in [0.5, 0.6) is 0 Å². The number of carbonyl (C=O) groups is 1. The van der Waals surface area contributed by atoms with Gasteiger partial charge in [-0.1, -0.05) is 18.2 Å². The molecule has 26 heavy (non-hydrogen) atoms. The van der Waals surface area contributed by atoms with Crippen LogP contribution >= 0.6 is 0 Å². The maximum Gasteiger partial charge on any atom is 0.227 e. The third kappa shape index (κ3) is 3.24. The highest BCUT2D eigenvalue weighted by molar-refractivity contribution is 5.79. The van der Waals surface area contributed by atoms with Crippen molar-refractivity contribution in [2.75, 3.05) is 20.6 Å². The molecule has 0 bridgehead atoms. The van der Waals surface area contributed by atoms with Gasteiger partial charge in [-0.25, -0.2) is 0 Å². The molecular weight excluding hydrogens is 330 g/mol. The zero-order valence-corrected chi connectivity index (χ0v) is 15.6. The first-order valence-corrected chi connectivity index (χ1v) is 9.02. The molecule has 1 amide bonds. The number of carbonyl (C=O) groups excluding carboxylic acids is 1. The number of nitrogens with zero attached hydrogens (tertiary/aromatic N) is 5. The SMILES string of the molecule is Cc1nnc2n1CC(CN(C)C)N(C(=O)Cc1ccc3c(c1)COC3)C2. The summed E-state index contributed by atoms with van der Waals surface area (Å²) in [7, 11) is 4.08. The van der Waals surface area contributed by atoms with Crippen LogP contribution in [0.4, 0.5) is 0 Å². The van der Waals surface area contributed by atoms with Crippen molar-refractivity contribution in [1.29, 1.82) is 0 Å². The van der Waals surface area contributed by atoms with E-state index in [4.69, 9.17) is 4.74 Å².